The Morgan fingerprint density at radius 3 is 3.15 bits per heavy atom. The van der Waals surface area contributed by atoms with Crippen LogP contribution in [0.3, 0.4) is 0 Å². The van der Waals surface area contributed by atoms with Gasteiger partial charge in [-0.2, -0.15) is 0 Å². The summed E-state index contributed by atoms with van der Waals surface area (Å²) >= 11 is 0. The summed E-state index contributed by atoms with van der Waals surface area (Å²) in [7, 11) is 0. The molecule has 4 nitrogen and oxygen atoms in total. The van der Waals surface area contributed by atoms with E-state index in [1.165, 1.54) is 6.07 Å². The molecule has 0 radical (unpaired) electrons. The van der Waals surface area contributed by atoms with Crippen molar-refractivity contribution in [3.8, 4) is 11.3 Å². The highest BCUT2D eigenvalue weighted by atomic mass is 19.1. The molecule has 0 amide bonds. The average Bonchev–Trinajstić information content (AvgIpc) is 3.00. The molecule has 0 saturated carbocycles. The molecule has 5 heteroatoms. The maximum Gasteiger partial charge on any atom is 0.123 e. The van der Waals surface area contributed by atoms with Crippen LogP contribution in [0.1, 0.15) is 18.0 Å². The number of aromatic nitrogens is 2. The van der Waals surface area contributed by atoms with Crippen molar-refractivity contribution >= 4 is 0 Å². The van der Waals surface area contributed by atoms with Crippen LogP contribution in [-0.2, 0) is 4.74 Å². The standard InChI is InChI=1S/C15H15FN2O2/c16-9-1-2-10-11(5-9)15(18-8-17-6-13(10)18)12-7-20-4-3-14(12)19/h1-2,5-6,8,12,14-15,19H,3-4,7H2. The van der Waals surface area contributed by atoms with E-state index in [2.05, 4.69) is 4.98 Å². The number of hydrogen-bond donors (Lipinski definition) is 1. The molecule has 104 valence electrons. The first-order chi connectivity index (χ1) is 9.75. The van der Waals surface area contributed by atoms with Gasteiger partial charge in [-0.3, -0.25) is 0 Å². The summed E-state index contributed by atoms with van der Waals surface area (Å²) in [5.74, 6) is -0.321. The zero-order chi connectivity index (χ0) is 13.7. The Balaban J connectivity index is 1.85. The van der Waals surface area contributed by atoms with Crippen LogP contribution in [0.15, 0.2) is 30.7 Å². The molecule has 0 spiro atoms. The van der Waals surface area contributed by atoms with Crippen LogP contribution in [0.5, 0.6) is 0 Å². The van der Waals surface area contributed by atoms with Crippen molar-refractivity contribution in [2.45, 2.75) is 18.6 Å². The molecule has 20 heavy (non-hydrogen) atoms. The first-order valence-corrected chi connectivity index (χ1v) is 6.83. The first-order valence-electron chi connectivity index (χ1n) is 6.83. The zero-order valence-electron chi connectivity index (χ0n) is 10.9. The van der Waals surface area contributed by atoms with Crippen molar-refractivity contribution in [3.63, 3.8) is 0 Å². The summed E-state index contributed by atoms with van der Waals surface area (Å²) in [6.07, 6.45) is 3.72. The lowest BCUT2D eigenvalue weighted by molar-refractivity contribution is -0.0481. The van der Waals surface area contributed by atoms with Crippen LogP contribution in [0, 0.1) is 11.7 Å². The number of halogens is 1. The lowest BCUT2D eigenvalue weighted by Gasteiger charge is -2.33. The van der Waals surface area contributed by atoms with Gasteiger partial charge in [-0.15, -0.1) is 0 Å². The van der Waals surface area contributed by atoms with Crippen LogP contribution in [0.4, 0.5) is 4.39 Å². The molecule has 1 saturated heterocycles. The van der Waals surface area contributed by atoms with Gasteiger partial charge in [0.2, 0.25) is 0 Å². The van der Waals surface area contributed by atoms with Gasteiger partial charge in [0.25, 0.3) is 0 Å². The number of aliphatic hydroxyl groups is 1. The molecule has 3 atom stereocenters. The molecule has 4 rings (SSSR count). The molecule has 2 aromatic rings. The van der Waals surface area contributed by atoms with Crippen LogP contribution < -0.4 is 0 Å². The van der Waals surface area contributed by atoms with E-state index in [-0.39, 0.29) is 17.8 Å². The second-order valence-corrected chi connectivity index (χ2v) is 5.46. The third kappa shape index (κ3) is 1.63. The van der Waals surface area contributed by atoms with Crippen LogP contribution in [0.25, 0.3) is 11.3 Å². The highest BCUT2D eigenvalue weighted by molar-refractivity contribution is 5.69. The van der Waals surface area contributed by atoms with Gasteiger partial charge in [-0.05, 0) is 30.2 Å². The normalized spacial score (nSPS) is 28.2. The molecule has 2 aliphatic rings. The molecule has 3 unspecified atom stereocenters. The molecular weight excluding hydrogens is 259 g/mol. The minimum atomic E-state index is -0.432. The van der Waals surface area contributed by atoms with Gasteiger partial charge in [0.1, 0.15) is 5.82 Å². The van der Waals surface area contributed by atoms with E-state index in [1.54, 1.807) is 24.7 Å². The lowest BCUT2D eigenvalue weighted by atomic mass is 9.86. The molecule has 1 aromatic heterocycles. The van der Waals surface area contributed by atoms with Crippen molar-refractivity contribution in [3.05, 3.63) is 42.1 Å². The maximum atomic E-state index is 13.6. The summed E-state index contributed by atoms with van der Waals surface area (Å²) in [6, 6.07) is 4.71. The SMILES string of the molecule is OC1CCOCC1C1c2cc(F)ccc2-c2cncn21. The van der Waals surface area contributed by atoms with Gasteiger partial charge >= 0.3 is 0 Å². The summed E-state index contributed by atoms with van der Waals surface area (Å²) in [5, 5.41) is 10.3. The van der Waals surface area contributed by atoms with Gasteiger partial charge < -0.3 is 14.4 Å². The summed E-state index contributed by atoms with van der Waals surface area (Å²) in [4.78, 5) is 4.18. The van der Waals surface area contributed by atoms with Gasteiger partial charge in [0.15, 0.2) is 0 Å². The Labute approximate surface area is 115 Å². The van der Waals surface area contributed by atoms with Gasteiger partial charge in [-0.1, -0.05) is 0 Å². The fourth-order valence-electron chi connectivity index (χ4n) is 3.38. The Hall–Kier alpha value is -1.72. The number of nitrogens with zero attached hydrogens (tertiary/aromatic N) is 2. The van der Waals surface area contributed by atoms with Crippen LogP contribution in [-0.4, -0.2) is 34.0 Å². The van der Waals surface area contributed by atoms with E-state index in [4.69, 9.17) is 4.74 Å². The van der Waals surface area contributed by atoms with Gasteiger partial charge in [0.05, 0.1) is 37.0 Å². The third-order valence-corrected chi connectivity index (χ3v) is 4.34. The Kier molecular flexibility index (Phi) is 2.65. The average molecular weight is 274 g/mol. The number of hydrogen-bond acceptors (Lipinski definition) is 3. The molecule has 1 N–H and O–H groups in total. The van der Waals surface area contributed by atoms with Crippen molar-refractivity contribution in [1.29, 1.82) is 0 Å². The van der Waals surface area contributed by atoms with E-state index < -0.39 is 6.10 Å². The fraction of sp³-hybridized carbons (Fsp3) is 0.400. The topological polar surface area (TPSA) is 47.3 Å². The number of benzene rings is 1. The molecule has 1 fully saturated rings. The number of aliphatic hydroxyl groups excluding tert-OH is 1. The third-order valence-electron chi connectivity index (χ3n) is 4.34. The Bertz CT molecular complexity index is 655. The van der Waals surface area contributed by atoms with E-state index in [9.17, 15) is 9.50 Å². The molecule has 2 aliphatic heterocycles. The lowest BCUT2D eigenvalue weighted by Crippen LogP contribution is -2.37. The quantitative estimate of drug-likeness (QED) is 0.865. The minimum Gasteiger partial charge on any atom is -0.393 e. The molecule has 1 aromatic carbocycles. The maximum absolute atomic E-state index is 13.6. The number of ether oxygens (including phenoxy) is 1. The second-order valence-electron chi connectivity index (χ2n) is 5.46. The molecule has 0 bridgehead atoms. The van der Waals surface area contributed by atoms with Crippen molar-refractivity contribution < 1.29 is 14.2 Å². The smallest absolute Gasteiger partial charge is 0.123 e. The fourth-order valence-corrected chi connectivity index (χ4v) is 3.38. The number of fused-ring (bicyclic) bond motifs is 3. The minimum absolute atomic E-state index is 0.0697. The summed E-state index contributed by atoms with van der Waals surface area (Å²) < 4.78 is 21.1. The van der Waals surface area contributed by atoms with Crippen molar-refractivity contribution in [1.82, 2.24) is 9.55 Å². The van der Waals surface area contributed by atoms with Crippen molar-refractivity contribution in [2.24, 2.45) is 5.92 Å². The summed E-state index contributed by atoms with van der Waals surface area (Å²) in [6.45, 7) is 1.07. The van der Waals surface area contributed by atoms with Gasteiger partial charge in [-0.25, -0.2) is 9.37 Å². The molecule has 0 aliphatic carbocycles. The Morgan fingerprint density at radius 1 is 1.40 bits per heavy atom. The number of rotatable bonds is 1. The van der Waals surface area contributed by atoms with E-state index >= 15 is 0 Å². The Morgan fingerprint density at radius 2 is 2.30 bits per heavy atom. The predicted octanol–water partition coefficient (Wildman–Crippen LogP) is 1.99. The summed E-state index contributed by atoms with van der Waals surface area (Å²) in [5.41, 5.74) is 2.88. The van der Waals surface area contributed by atoms with Crippen molar-refractivity contribution in [2.75, 3.05) is 13.2 Å². The van der Waals surface area contributed by atoms with Gasteiger partial charge in [0, 0.05) is 18.1 Å². The monoisotopic (exact) mass is 274 g/mol. The highest BCUT2D eigenvalue weighted by Gasteiger charge is 2.39. The number of imidazole rings is 1. The van der Waals surface area contributed by atoms with Crippen LogP contribution in [0.2, 0.25) is 0 Å². The van der Waals surface area contributed by atoms with E-state index in [0.717, 1.165) is 16.8 Å². The predicted molar refractivity (Wildman–Crippen MR) is 70.7 cm³/mol. The van der Waals surface area contributed by atoms with Crippen LogP contribution >= 0.6 is 0 Å². The largest absolute Gasteiger partial charge is 0.393 e. The molecule has 3 heterocycles. The second kappa shape index (κ2) is 4.40. The first kappa shape index (κ1) is 12.1. The highest BCUT2D eigenvalue weighted by Crippen LogP contribution is 2.45. The zero-order valence-corrected chi connectivity index (χ0v) is 10.9. The molecular formula is C15H15FN2O2. The van der Waals surface area contributed by atoms with E-state index in [1.807, 2.05) is 4.57 Å². The van der Waals surface area contributed by atoms with E-state index in [0.29, 0.717) is 19.6 Å².